The van der Waals surface area contributed by atoms with Gasteiger partial charge >= 0.3 is 12.1 Å². The molecule has 3 aliphatic rings. The Bertz CT molecular complexity index is 1070. The van der Waals surface area contributed by atoms with Gasteiger partial charge in [0.1, 0.15) is 11.6 Å². The molecular weight excluding hydrogens is 486 g/mol. The van der Waals surface area contributed by atoms with Crippen molar-refractivity contribution in [2.75, 3.05) is 25.5 Å². The van der Waals surface area contributed by atoms with Crippen LogP contribution in [0.2, 0.25) is 0 Å². The summed E-state index contributed by atoms with van der Waals surface area (Å²) in [5.74, 6) is -0.184. The van der Waals surface area contributed by atoms with E-state index in [4.69, 9.17) is 4.74 Å². The second-order valence-electron chi connectivity index (χ2n) is 11.1. The van der Waals surface area contributed by atoms with Gasteiger partial charge in [-0.25, -0.2) is 9.59 Å². The molecule has 3 atom stereocenters. The Kier molecular flexibility index (Phi) is 8.47. The van der Waals surface area contributed by atoms with Crippen LogP contribution in [0.3, 0.4) is 0 Å². The maximum Gasteiger partial charge on any atom is 0.407 e. The van der Waals surface area contributed by atoms with E-state index in [0.717, 1.165) is 43.2 Å². The van der Waals surface area contributed by atoms with Gasteiger partial charge in [0.2, 0.25) is 11.8 Å². The van der Waals surface area contributed by atoms with E-state index in [9.17, 15) is 19.2 Å². The third kappa shape index (κ3) is 5.59. The van der Waals surface area contributed by atoms with E-state index in [1.165, 1.54) is 0 Å². The van der Waals surface area contributed by atoms with Gasteiger partial charge in [0.05, 0.1) is 12.6 Å². The van der Waals surface area contributed by atoms with E-state index in [1.807, 2.05) is 18.2 Å². The third-order valence-corrected chi connectivity index (χ3v) is 8.30. The lowest BCUT2D eigenvalue weighted by Gasteiger charge is -2.36. The highest BCUT2D eigenvalue weighted by Gasteiger charge is 2.53. The Morgan fingerprint density at radius 3 is 2.47 bits per heavy atom. The average molecular weight is 528 g/mol. The molecule has 0 radical (unpaired) electrons. The third-order valence-electron chi connectivity index (χ3n) is 8.30. The lowest BCUT2D eigenvalue weighted by atomic mass is 9.83. The van der Waals surface area contributed by atoms with Crippen molar-refractivity contribution in [2.45, 2.75) is 83.3 Å². The fourth-order valence-corrected chi connectivity index (χ4v) is 6.13. The van der Waals surface area contributed by atoms with Crippen LogP contribution in [0.4, 0.5) is 15.3 Å². The molecule has 1 saturated heterocycles. The minimum atomic E-state index is -1.02. The number of urea groups is 1. The maximum atomic E-state index is 13.4. The van der Waals surface area contributed by atoms with Gasteiger partial charge in [-0.3, -0.25) is 9.59 Å². The number of nitrogens with one attached hydrogen (secondary N) is 4. The first-order chi connectivity index (χ1) is 18.2. The molecule has 5 amide bonds. The first-order valence-corrected chi connectivity index (χ1v) is 13.8. The van der Waals surface area contributed by atoms with E-state index in [0.29, 0.717) is 25.1 Å². The van der Waals surface area contributed by atoms with Gasteiger partial charge < -0.3 is 30.9 Å². The molecule has 4 N–H and O–H groups in total. The van der Waals surface area contributed by atoms with E-state index in [2.05, 4.69) is 35.1 Å². The van der Waals surface area contributed by atoms with Crippen LogP contribution < -0.4 is 21.3 Å². The quantitative estimate of drug-likeness (QED) is 0.413. The number of nitrogens with zero attached hydrogens (tertiary/aromatic N) is 1. The highest BCUT2D eigenvalue weighted by molar-refractivity contribution is 5.97. The maximum absolute atomic E-state index is 13.4. The summed E-state index contributed by atoms with van der Waals surface area (Å²) in [4.78, 5) is 53.5. The first-order valence-electron chi connectivity index (χ1n) is 13.8. The number of hydrogen-bond donors (Lipinski definition) is 4. The Labute approximate surface area is 224 Å². The second kappa shape index (κ2) is 11.6. The highest BCUT2D eigenvalue weighted by atomic mass is 16.5. The molecule has 1 saturated carbocycles. The van der Waals surface area contributed by atoms with Crippen molar-refractivity contribution >= 4 is 29.6 Å². The smallest absolute Gasteiger partial charge is 0.407 e. The topological polar surface area (TPSA) is 129 Å². The fourth-order valence-electron chi connectivity index (χ4n) is 6.13. The minimum Gasteiger partial charge on any atom is -0.450 e. The zero-order chi connectivity index (χ0) is 27.4. The van der Waals surface area contributed by atoms with Crippen LogP contribution in [-0.4, -0.2) is 66.7 Å². The van der Waals surface area contributed by atoms with E-state index < -0.39 is 17.7 Å². The molecule has 2 aliphatic carbocycles. The number of fused-ring (bicyclic) bond motifs is 1. The van der Waals surface area contributed by atoms with Crippen LogP contribution in [0.5, 0.6) is 0 Å². The molecule has 0 bridgehead atoms. The largest absolute Gasteiger partial charge is 0.450 e. The Balaban J connectivity index is 1.53. The highest BCUT2D eigenvalue weighted by Crippen LogP contribution is 2.38. The van der Waals surface area contributed by atoms with Gasteiger partial charge in [-0.1, -0.05) is 39.2 Å². The fraction of sp³-hybridized carbons (Fsp3) is 0.643. The molecule has 1 aliphatic heterocycles. The molecule has 10 nitrogen and oxygen atoms in total. The van der Waals surface area contributed by atoms with Crippen molar-refractivity contribution in [1.29, 1.82) is 0 Å². The van der Waals surface area contributed by atoms with Crippen molar-refractivity contribution in [3.05, 3.63) is 29.3 Å². The van der Waals surface area contributed by atoms with Crippen LogP contribution in [0.25, 0.3) is 0 Å². The van der Waals surface area contributed by atoms with Crippen molar-refractivity contribution < 1.29 is 23.9 Å². The molecule has 2 fully saturated rings. The van der Waals surface area contributed by atoms with E-state index in [1.54, 1.807) is 18.9 Å². The van der Waals surface area contributed by atoms with E-state index in [-0.39, 0.29) is 42.3 Å². The Hall–Kier alpha value is -3.30. The lowest BCUT2D eigenvalue weighted by molar-refractivity contribution is -0.130. The molecule has 10 heteroatoms. The summed E-state index contributed by atoms with van der Waals surface area (Å²) in [6, 6.07) is 4.68. The number of ether oxygens (including phenoxy) is 1. The van der Waals surface area contributed by atoms with Crippen LogP contribution >= 0.6 is 0 Å². The number of rotatable bonds is 8. The molecule has 0 aromatic heterocycles. The number of anilines is 1. The number of hydrogen-bond acceptors (Lipinski definition) is 5. The number of carbonyl (C=O) groups is 4. The van der Waals surface area contributed by atoms with Gasteiger partial charge in [-0.2, -0.15) is 0 Å². The summed E-state index contributed by atoms with van der Waals surface area (Å²) in [5, 5.41) is 11.5. The molecule has 0 spiro atoms. The summed E-state index contributed by atoms with van der Waals surface area (Å²) in [6.07, 6.45) is 5.11. The van der Waals surface area contributed by atoms with Gasteiger partial charge in [-0.15, -0.1) is 0 Å². The standard InChI is InChI=1S/C28H41N5O5/c1-5-38-27(37)32-23(18-9-7-6-8-10-18)24(34)30-21-12-11-19-14-28(25(35)29-4,15-20(19)13-21)33-16-22(17(2)3)31-26(33)36/h11-13,17-18,22-23H,5-10,14-16H2,1-4H3,(H,29,35)(H,30,34)(H,31,36)(H,32,37)/t22-,23-,28?/m0/s1. The van der Waals surface area contributed by atoms with Crippen molar-refractivity contribution in [3.63, 3.8) is 0 Å². The van der Waals surface area contributed by atoms with Crippen LogP contribution in [0.1, 0.15) is 64.0 Å². The zero-order valence-electron chi connectivity index (χ0n) is 22.9. The molecule has 1 heterocycles. The van der Waals surface area contributed by atoms with Crippen molar-refractivity contribution in [1.82, 2.24) is 20.9 Å². The van der Waals surface area contributed by atoms with Gasteiger partial charge in [0, 0.05) is 32.1 Å². The number of likely N-dealkylation sites (N-methyl/N-ethyl adjacent to an activating group) is 1. The molecule has 38 heavy (non-hydrogen) atoms. The van der Waals surface area contributed by atoms with Gasteiger partial charge in [0.25, 0.3) is 0 Å². The summed E-state index contributed by atoms with van der Waals surface area (Å²) < 4.78 is 5.05. The molecule has 1 aromatic rings. The first kappa shape index (κ1) is 27.7. The summed E-state index contributed by atoms with van der Waals surface area (Å²) in [7, 11) is 1.59. The monoisotopic (exact) mass is 527 g/mol. The number of amides is 5. The normalized spacial score (nSPS) is 24.0. The average Bonchev–Trinajstić information content (AvgIpc) is 3.48. The number of benzene rings is 1. The molecule has 1 aromatic carbocycles. The van der Waals surface area contributed by atoms with Crippen LogP contribution in [0, 0.1) is 11.8 Å². The Morgan fingerprint density at radius 1 is 1.13 bits per heavy atom. The van der Waals surface area contributed by atoms with Gasteiger partial charge in [-0.05, 0) is 54.9 Å². The predicted molar refractivity (Wildman–Crippen MR) is 144 cm³/mol. The van der Waals surface area contributed by atoms with Gasteiger partial charge in [0.15, 0.2) is 0 Å². The summed E-state index contributed by atoms with van der Waals surface area (Å²) in [5.41, 5.74) is 1.46. The van der Waals surface area contributed by atoms with E-state index >= 15 is 0 Å². The lowest BCUT2D eigenvalue weighted by Crippen LogP contribution is -2.60. The minimum absolute atomic E-state index is 0.0220. The number of alkyl carbamates (subject to hydrolysis) is 1. The second-order valence-corrected chi connectivity index (χ2v) is 11.1. The van der Waals surface area contributed by atoms with Crippen molar-refractivity contribution in [3.8, 4) is 0 Å². The predicted octanol–water partition coefficient (Wildman–Crippen LogP) is 2.95. The number of carbonyl (C=O) groups excluding carboxylic acids is 4. The molecule has 208 valence electrons. The SMILES string of the molecule is CCOC(=O)N[C@H](C(=O)Nc1ccc2c(c1)CC(C(=O)NC)(N1C[C@@H](C(C)C)NC1=O)C2)C1CCCCC1. The van der Waals surface area contributed by atoms with Crippen LogP contribution in [0.15, 0.2) is 18.2 Å². The summed E-state index contributed by atoms with van der Waals surface area (Å²) in [6.45, 7) is 6.53. The summed E-state index contributed by atoms with van der Waals surface area (Å²) >= 11 is 0. The zero-order valence-corrected chi connectivity index (χ0v) is 22.9. The Morgan fingerprint density at radius 2 is 1.84 bits per heavy atom. The molecular formula is C28H41N5O5. The van der Waals surface area contributed by atoms with Crippen LogP contribution in [-0.2, 0) is 27.2 Å². The van der Waals surface area contributed by atoms with Crippen molar-refractivity contribution in [2.24, 2.45) is 11.8 Å². The molecule has 4 rings (SSSR count). The molecule has 1 unspecified atom stereocenters.